The number of piperidine rings is 1. The zero-order valence-corrected chi connectivity index (χ0v) is 9.14. The Morgan fingerprint density at radius 2 is 2.38 bits per heavy atom. The maximum atomic E-state index is 11.6. The molecule has 0 aliphatic carbocycles. The lowest BCUT2D eigenvalue weighted by molar-refractivity contribution is -0.131. The second-order valence-corrected chi connectivity index (χ2v) is 4.43. The van der Waals surface area contributed by atoms with Gasteiger partial charge in [0.1, 0.15) is 0 Å². The van der Waals surface area contributed by atoms with E-state index in [2.05, 4.69) is 0 Å². The predicted molar refractivity (Wildman–Crippen MR) is 56.8 cm³/mol. The minimum absolute atomic E-state index is 0.166. The minimum Gasteiger partial charge on any atom is -0.338 e. The van der Waals surface area contributed by atoms with Crippen molar-refractivity contribution in [2.75, 3.05) is 18.6 Å². The zero-order chi connectivity index (χ0) is 9.84. The fourth-order valence-corrected chi connectivity index (χ4v) is 2.14. The summed E-state index contributed by atoms with van der Waals surface area (Å²) < 4.78 is 0. The highest BCUT2D eigenvalue weighted by molar-refractivity contribution is 7.99. The van der Waals surface area contributed by atoms with Crippen LogP contribution in [0.15, 0.2) is 0 Å². The molecule has 0 saturated carbocycles. The van der Waals surface area contributed by atoms with Crippen LogP contribution in [0.3, 0.4) is 0 Å². The third-order valence-corrected chi connectivity index (χ3v) is 3.17. The lowest BCUT2D eigenvalue weighted by atomic mass is 9.98. The van der Waals surface area contributed by atoms with Crippen molar-refractivity contribution in [3.8, 4) is 0 Å². The van der Waals surface area contributed by atoms with Crippen molar-refractivity contribution >= 4 is 17.7 Å². The van der Waals surface area contributed by atoms with Gasteiger partial charge in [0.25, 0.3) is 0 Å². The van der Waals surface area contributed by atoms with Crippen LogP contribution in [-0.4, -0.2) is 41.4 Å². The molecule has 3 nitrogen and oxygen atoms in total. The number of carbonyl (C=O) groups is 1. The van der Waals surface area contributed by atoms with Gasteiger partial charge in [-0.05, 0) is 26.0 Å². The maximum Gasteiger partial charge on any atom is 0.232 e. The summed E-state index contributed by atoms with van der Waals surface area (Å²) in [7, 11) is 0. The summed E-state index contributed by atoms with van der Waals surface area (Å²) in [5.41, 5.74) is 5.90. The first kappa shape index (κ1) is 10.9. The van der Waals surface area contributed by atoms with Gasteiger partial charge < -0.3 is 10.6 Å². The van der Waals surface area contributed by atoms with Gasteiger partial charge in [0, 0.05) is 18.6 Å². The summed E-state index contributed by atoms with van der Waals surface area (Å²) in [6.07, 6.45) is 4.04. The Labute approximate surface area is 84.0 Å². The zero-order valence-electron chi connectivity index (χ0n) is 8.32. The topological polar surface area (TPSA) is 46.3 Å². The quantitative estimate of drug-likeness (QED) is 0.716. The molecular formula is C9H18N2OS. The number of rotatable bonds is 2. The molecule has 0 aromatic rings. The lowest BCUT2D eigenvalue weighted by Gasteiger charge is -2.37. The van der Waals surface area contributed by atoms with E-state index in [-0.39, 0.29) is 18.0 Å². The highest BCUT2D eigenvalue weighted by Gasteiger charge is 2.27. The Balaban J connectivity index is 2.52. The Morgan fingerprint density at radius 3 is 3.00 bits per heavy atom. The van der Waals surface area contributed by atoms with Gasteiger partial charge in [-0.1, -0.05) is 0 Å². The molecule has 1 fully saturated rings. The molecule has 0 unspecified atom stereocenters. The molecule has 2 N–H and O–H groups in total. The molecule has 0 spiro atoms. The van der Waals surface area contributed by atoms with E-state index < -0.39 is 0 Å². The largest absolute Gasteiger partial charge is 0.338 e. The van der Waals surface area contributed by atoms with Crippen LogP contribution < -0.4 is 5.73 Å². The van der Waals surface area contributed by atoms with E-state index >= 15 is 0 Å². The smallest absolute Gasteiger partial charge is 0.232 e. The fourth-order valence-electron chi connectivity index (χ4n) is 1.73. The van der Waals surface area contributed by atoms with Gasteiger partial charge in [-0.25, -0.2) is 0 Å². The molecule has 1 aliphatic heterocycles. The molecule has 0 radical (unpaired) electrons. The summed E-state index contributed by atoms with van der Waals surface area (Å²) in [5.74, 6) is 0.812. The Hall–Kier alpha value is -0.220. The number of nitrogens with zero attached hydrogens (tertiary/aromatic N) is 1. The Kier molecular flexibility index (Phi) is 4.06. The van der Waals surface area contributed by atoms with Crippen molar-refractivity contribution in [3.63, 3.8) is 0 Å². The average Bonchev–Trinajstić information content (AvgIpc) is 2.10. The average molecular weight is 202 g/mol. The van der Waals surface area contributed by atoms with Gasteiger partial charge in [-0.15, -0.1) is 0 Å². The van der Waals surface area contributed by atoms with Crippen molar-refractivity contribution < 1.29 is 4.79 Å². The molecule has 1 rings (SSSR count). The van der Waals surface area contributed by atoms with Gasteiger partial charge in [0.2, 0.25) is 5.91 Å². The van der Waals surface area contributed by atoms with E-state index in [1.165, 1.54) is 0 Å². The Morgan fingerprint density at radius 1 is 1.69 bits per heavy atom. The van der Waals surface area contributed by atoms with Crippen LogP contribution in [0.5, 0.6) is 0 Å². The highest BCUT2D eigenvalue weighted by atomic mass is 32.2. The minimum atomic E-state index is 0.166. The van der Waals surface area contributed by atoms with Gasteiger partial charge >= 0.3 is 0 Å². The van der Waals surface area contributed by atoms with E-state index in [1.807, 2.05) is 18.1 Å². The summed E-state index contributed by atoms with van der Waals surface area (Å²) >= 11 is 1.57. The number of nitrogens with two attached hydrogens (primary N) is 1. The van der Waals surface area contributed by atoms with Crippen molar-refractivity contribution in [1.82, 2.24) is 4.90 Å². The van der Waals surface area contributed by atoms with Crippen molar-refractivity contribution in [2.45, 2.75) is 31.8 Å². The molecule has 0 aromatic heterocycles. The number of hydrogen-bond donors (Lipinski definition) is 1. The van der Waals surface area contributed by atoms with Gasteiger partial charge in [0.05, 0.1) is 5.75 Å². The second kappa shape index (κ2) is 4.86. The monoisotopic (exact) mass is 202 g/mol. The summed E-state index contributed by atoms with van der Waals surface area (Å²) in [4.78, 5) is 13.5. The first-order chi connectivity index (χ1) is 6.16. The van der Waals surface area contributed by atoms with Crippen LogP contribution in [0.4, 0.5) is 0 Å². The fraction of sp³-hybridized carbons (Fsp3) is 0.889. The molecule has 0 bridgehead atoms. The number of hydrogen-bond acceptors (Lipinski definition) is 3. The second-order valence-electron chi connectivity index (χ2n) is 3.57. The van der Waals surface area contributed by atoms with Crippen LogP contribution in [0.2, 0.25) is 0 Å². The van der Waals surface area contributed by atoms with Crippen LogP contribution >= 0.6 is 11.8 Å². The van der Waals surface area contributed by atoms with Crippen molar-refractivity contribution in [3.05, 3.63) is 0 Å². The molecule has 1 heterocycles. The summed E-state index contributed by atoms with van der Waals surface area (Å²) in [5, 5.41) is 0. The van der Waals surface area contributed by atoms with Crippen molar-refractivity contribution in [1.29, 1.82) is 0 Å². The SMILES string of the molecule is CSCC(=O)N1CCC[C@@H](N)[C@H]1C. The molecule has 76 valence electrons. The summed E-state index contributed by atoms with van der Waals surface area (Å²) in [6.45, 7) is 2.93. The van der Waals surface area contributed by atoms with Crippen LogP contribution in [0, 0.1) is 0 Å². The number of carbonyl (C=O) groups excluding carboxylic acids is 1. The number of likely N-dealkylation sites (tertiary alicyclic amines) is 1. The Bertz CT molecular complexity index is 186. The van der Waals surface area contributed by atoms with Gasteiger partial charge in [-0.2, -0.15) is 11.8 Å². The molecule has 1 amide bonds. The molecule has 0 aromatic carbocycles. The van der Waals surface area contributed by atoms with E-state index in [9.17, 15) is 4.79 Å². The molecular weight excluding hydrogens is 184 g/mol. The van der Waals surface area contributed by atoms with Gasteiger partial charge in [0.15, 0.2) is 0 Å². The van der Waals surface area contributed by atoms with Gasteiger partial charge in [-0.3, -0.25) is 4.79 Å². The lowest BCUT2D eigenvalue weighted by Crippen LogP contribution is -2.53. The van der Waals surface area contributed by atoms with Crippen LogP contribution in [0.1, 0.15) is 19.8 Å². The highest BCUT2D eigenvalue weighted by Crippen LogP contribution is 2.16. The maximum absolute atomic E-state index is 11.6. The normalized spacial score (nSPS) is 29.0. The van der Waals surface area contributed by atoms with E-state index in [0.29, 0.717) is 5.75 Å². The van der Waals surface area contributed by atoms with E-state index in [1.54, 1.807) is 11.8 Å². The standard InChI is InChI=1S/C9H18N2OS/c1-7-8(10)4-3-5-11(7)9(12)6-13-2/h7-8H,3-6,10H2,1-2H3/t7-,8-/m1/s1. The van der Waals surface area contributed by atoms with E-state index in [0.717, 1.165) is 19.4 Å². The van der Waals surface area contributed by atoms with Crippen molar-refractivity contribution in [2.24, 2.45) is 5.73 Å². The predicted octanol–water partition coefficient (Wildman–Crippen LogP) is 0.688. The first-order valence-corrected chi connectivity index (χ1v) is 6.10. The molecule has 4 heteroatoms. The molecule has 1 aliphatic rings. The summed E-state index contributed by atoms with van der Waals surface area (Å²) in [6, 6.07) is 0.382. The van der Waals surface area contributed by atoms with E-state index in [4.69, 9.17) is 5.73 Å². The molecule has 1 saturated heterocycles. The van der Waals surface area contributed by atoms with Crippen LogP contribution in [-0.2, 0) is 4.79 Å². The number of amides is 1. The molecule has 2 atom stereocenters. The third-order valence-electron chi connectivity index (χ3n) is 2.64. The molecule has 13 heavy (non-hydrogen) atoms. The first-order valence-electron chi connectivity index (χ1n) is 4.70. The van der Waals surface area contributed by atoms with Crippen LogP contribution in [0.25, 0.3) is 0 Å². The number of thioether (sulfide) groups is 1. The third kappa shape index (κ3) is 2.61.